The molecular formula is C32H28BrN3O3S3. The number of carboxylic acids is 1. The van der Waals surface area contributed by atoms with Crippen molar-refractivity contribution in [2.24, 2.45) is 0 Å². The number of rotatable bonds is 9. The summed E-state index contributed by atoms with van der Waals surface area (Å²) in [6.07, 6.45) is 0.880. The molecule has 0 aliphatic carbocycles. The molecule has 42 heavy (non-hydrogen) atoms. The van der Waals surface area contributed by atoms with Crippen LogP contribution in [0.5, 0.6) is 0 Å². The predicted octanol–water partition coefficient (Wildman–Crippen LogP) is 8.14. The Hall–Kier alpha value is -3.31. The number of carbonyl (C=O) groups excluding carboxylic acids is 1. The Balaban J connectivity index is 1.25. The van der Waals surface area contributed by atoms with Crippen LogP contribution in [0.2, 0.25) is 0 Å². The van der Waals surface area contributed by atoms with Crippen molar-refractivity contribution in [2.75, 3.05) is 41.9 Å². The van der Waals surface area contributed by atoms with Gasteiger partial charge in [0.15, 0.2) is 0 Å². The van der Waals surface area contributed by atoms with Gasteiger partial charge in [0, 0.05) is 46.8 Å². The van der Waals surface area contributed by atoms with E-state index in [1.165, 1.54) is 28.2 Å². The summed E-state index contributed by atoms with van der Waals surface area (Å²) in [5.74, 6) is -0.812. The highest BCUT2D eigenvalue weighted by atomic mass is 79.9. The normalized spacial score (nSPS) is 13.5. The third kappa shape index (κ3) is 6.36. The first kappa shape index (κ1) is 28.8. The Morgan fingerprint density at radius 3 is 2.43 bits per heavy atom. The van der Waals surface area contributed by atoms with Crippen molar-refractivity contribution in [3.63, 3.8) is 0 Å². The highest BCUT2D eigenvalue weighted by molar-refractivity contribution is 9.10. The van der Waals surface area contributed by atoms with E-state index in [4.69, 9.17) is 0 Å². The van der Waals surface area contributed by atoms with E-state index in [2.05, 4.69) is 85.8 Å². The van der Waals surface area contributed by atoms with Crippen LogP contribution in [-0.4, -0.2) is 54.6 Å². The maximum Gasteiger partial charge on any atom is 0.345 e. The molecule has 1 saturated heterocycles. The minimum atomic E-state index is -0.895. The van der Waals surface area contributed by atoms with Crippen molar-refractivity contribution in [3.05, 3.63) is 110 Å². The number of fused-ring (bicyclic) bond motifs is 1. The standard InChI is InChI=1S/C32H28BrN3O3S3/c33-25-13-19-40-30(25)31(37)35-17-15-34(16-18-35)26-8-4-5-9-27(26)36(14-12-22-6-2-1-3-7-22)42-24-11-10-23-20-29(32(38)39)41-28(23)21-24/h1-11,13,19-21H,12,14-18H2,(H,38,39). The van der Waals surface area contributed by atoms with Crippen LogP contribution in [0, 0.1) is 0 Å². The van der Waals surface area contributed by atoms with Crippen LogP contribution in [0.1, 0.15) is 24.9 Å². The van der Waals surface area contributed by atoms with Crippen LogP contribution >= 0.6 is 50.6 Å². The van der Waals surface area contributed by atoms with E-state index in [9.17, 15) is 14.7 Å². The fraction of sp³-hybridized carbons (Fsp3) is 0.188. The van der Waals surface area contributed by atoms with E-state index in [1.807, 2.05) is 28.5 Å². The number of benzene rings is 3. The van der Waals surface area contributed by atoms with Gasteiger partial charge in [-0.15, -0.1) is 22.7 Å². The number of thiophene rings is 2. The number of hydrogen-bond acceptors (Lipinski definition) is 7. The Morgan fingerprint density at radius 2 is 1.69 bits per heavy atom. The molecule has 5 aromatic rings. The number of halogens is 1. The molecule has 6 nitrogen and oxygen atoms in total. The lowest BCUT2D eigenvalue weighted by Gasteiger charge is -2.38. The summed E-state index contributed by atoms with van der Waals surface area (Å²) in [6.45, 7) is 3.62. The van der Waals surface area contributed by atoms with E-state index in [-0.39, 0.29) is 5.91 Å². The van der Waals surface area contributed by atoms with Crippen molar-refractivity contribution < 1.29 is 14.7 Å². The second kappa shape index (κ2) is 12.9. The Kier molecular flexibility index (Phi) is 8.85. The lowest BCUT2D eigenvalue weighted by Crippen LogP contribution is -2.49. The third-order valence-electron chi connectivity index (χ3n) is 7.23. The van der Waals surface area contributed by atoms with Crippen LogP contribution < -0.4 is 9.21 Å². The van der Waals surface area contributed by atoms with Crippen molar-refractivity contribution in [1.29, 1.82) is 0 Å². The summed E-state index contributed by atoms with van der Waals surface area (Å²) < 4.78 is 4.17. The van der Waals surface area contributed by atoms with Gasteiger partial charge in [0.2, 0.25) is 0 Å². The molecule has 0 bridgehead atoms. The third-order valence-corrected chi connectivity index (χ3v) is 11.2. The number of hydrogen-bond donors (Lipinski definition) is 1. The van der Waals surface area contributed by atoms with E-state index in [0.717, 1.165) is 61.8 Å². The minimum Gasteiger partial charge on any atom is -0.477 e. The highest BCUT2D eigenvalue weighted by Gasteiger charge is 2.26. The van der Waals surface area contributed by atoms with Gasteiger partial charge in [0.25, 0.3) is 5.91 Å². The van der Waals surface area contributed by atoms with E-state index < -0.39 is 5.97 Å². The van der Waals surface area contributed by atoms with E-state index >= 15 is 0 Å². The van der Waals surface area contributed by atoms with Crippen LogP contribution in [0.25, 0.3) is 10.1 Å². The lowest BCUT2D eigenvalue weighted by molar-refractivity contribution is 0.0700. The zero-order valence-corrected chi connectivity index (χ0v) is 26.6. The second-order valence-electron chi connectivity index (χ2n) is 9.91. The Labute approximate surface area is 265 Å². The summed E-state index contributed by atoms with van der Waals surface area (Å²) in [5, 5.41) is 12.3. The molecule has 2 aromatic heterocycles. The summed E-state index contributed by atoms with van der Waals surface area (Å²) in [6, 6.07) is 28.8. The van der Waals surface area contributed by atoms with Gasteiger partial charge in [0.1, 0.15) is 9.75 Å². The zero-order chi connectivity index (χ0) is 29.1. The van der Waals surface area contributed by atoms with Crippen LogP contribution in [0.4, 0.5) is 11.4 Å². The average molecular weight is 679 g/mol. The Bertz CT molecular complexity index is 1710. The van der Waals surface area contributed by atoms with Gasteiger partial charge in [-0.25, -0.2) is 4.79 Å². The van der Waals surface area contributed by atoms with Gasteiger partial charge in [-0.05, 0) is 87.0 Å². The number of carboxylic acid groups (broad SMARTS) is 1. The number of amides is 1. The quantitative estimate of drug-likeness (QED) is 0.159. The van der Waals surface area contributed by atoms with E-state index in [1.54, 1.807) is 18.0 Å². The molecule has 1 aliphatic heterocycles. The molecule has 0 unspecified atom stereocenters. The molecule has 0 atom stereocenters. The van der Waals surface area contributed by atoms with E-state index in [0.29, 0.717) is 18.0 Å². The van der Waals surface area contributed by atoms with Crippen LogP contribution in [0.15, 0.2) is 99.7 Å². The number of para-hydroxylation sites is 2. The van der Waals surface area contributed by atoms with Gasteiger partial charge in [-0.3, -0.25) is 4.79 Å². The molecule has 3 heterocycles. The molecular weight excluding hydrogens is 650 g/mol. The molecule has 1 N–H and O–H groups in total. The summed E-state index contributed by atoms with van der Waals surface area (Å²) >= 11 is 7.96. The van der Waals surface area contributed by atoms with Crippen molar-refractivity contribution in [2.45, 2.75) is 11.3 Å². The van der Waals surface area contributed by atoms with Crippen LogP contribution in [0.3, 0.4) is 0 Å². The Morgan fingerprint density at radius 1 is 0.929 bits per heavy atom. The first-order valence-electron chi connectivity index (χ1n) is 13.6. The molecule has 10 heteroatoms. The fourth-order valence-corrected chi connectivity index (χ4v) is 8.59. The van der Waals surface area contributed by atoms with Gasteiger partial charge in [0.05, 0.1) is 11.4 Å². The number of carbonyl (C=O) groups is 2. The van der Waals surface area contributed by atoms with Gasteiger partial charge >= 0.3 is 5.97 Å². The largest absolute Gasteiger partial charge is 0.477 e. The van der Waals surface area contributed by atoms with Crippen LogP contribution in [-0.2, 0) is 6.42 Å². The molecule has 0 saturated carbocycles. The first-order chi connectivity index (χ1) is 20.5. The molecule has 0 spiro atoms. The molecule has 1 amide bonds. The molecule has 1 aliphatic rings. The maximum absolute atomic E-state index is 13.1. The molecule has 3 aromatic carbocycles. The van der Waals surface area contributed by atoms with Gasteiger partial charge in [-0.2, -0.15) is 0 Å². The monoisotopic (exact) mass is 677 g/mol. The summed E-state index contributed by atoms with van der Waals surface area (Å²) in [5.41, 5.74) is 3.54. The summed E-state index contributed by atoms with van der Waals surface area (Å²) in [7, 11) is 0. The average Bonchev–Trinajstić information content (AvgIpc) is 3.65. The lowest BCUT2D eigenvalue weighted by atomic mass is 10.1. The number of nitrogens with zero attached hydrogens (tertiary/aromatic N) is 3. The fourth-order valence-electron chi connectivity index (χ4n) is 5.07. The SMILES string of the molecule is O=C(O)c1cc2ccc(SN(CCc3ccccc3)c3ccccc3N3CCN(C(=O)c4sccc4Br)CC3)cc2s1. The second-order valence-corrected chi connectivity index (χ2v) is 13.9. The number of anilines is 2. The van der Waals surface area contributed by atoms with Gasteiger partial charge in [-0.1, -0.05) is 48.5 Å². The molecule has 0 radical (unpaired) electrons. The number of piperazine rings is 1. The summed E-state index contributed by atoms with van der Waals surface area (Å²) in [4.78, 5) is 31.1. The minimum absolute atomic E-state index is 0.0832. The van der Waals surface area contributed by atoms with Crippen molar-refractivity contribution in [1.82, 2.24) is 4.90 Å². The first-order valence-corrected chi connectivity index (χ1v) is 16.8. The van der Waals surface area contributed by atoms with Crippen molar-refractivity contribution in [3.8, 4) is 0 Å². The van der Waals surface area contributed by atoms with Crippen molar-refractivity contribution >= 4 is 83.9 Å². The highest BCUT2D eigenvalue weighted by Crippen LogP contribution is 2.39. The topological polar surface area (TPSA) is 64.1 Å². The maximum atomic E-state index is 13.1. The molecule has 6 rings (SSSR count). The zero-order valence-electron chi connectivity index (χ0n) is 22.6. The number of aromatic carboxylic acids is 1. The molecule has 1 fully saturated rings. The smallest absolute Gasteiger partial charge is 0.345 e. The predicted molar refractivity (Wildman–Crippen MR) is 179 cm³/mol. The van der Waals surface area contributed by atoms with Gasteiger partial charge < -0.3 is 19.2 Å². The molecule has 214 valence electrons.